The Bertz CT molecular complexity index is 1170. The van der Waals surface area contributed by atoms with Gasteiger partial charge in [-0.25, -0.2) is 9.36 Å². The molecule has 0 radical (unpaired) electrons. The van der Waals surface area contributed by atoms with Crippen LogP contribution in [-0.2, 0) is 0 Å². The Hall–Kier alpha value is -3.38. The first-order valence-corrected chi connectivity index (χ1v) is 9.58. The summed E-state index contributed by atoms with van der Waals surface area (Å²) < 4.78 is 1.54. The molecule has 1 aliphatic heterocycles. The minimum Gasteiger partial charge on any atom is -0.345 e. The average Bonchev–Trinajstić information content (AvgIpc) is 2.70. The predicted molar refractivity (Wildman–Crippen MR) is 116 cm³/mol. The summed E-state index contributed by atoms with van der Waals surface area (Å²) in [5.74, 6) is 0.285. The molecule has 4 rings (SSSR count). The van der Waals surface area contributed by atoms with Crippen molar-refractivity contribution in [3.63, 3.8) is 0 Å². The molecule has 0 saturated carbocycles. The molecule has 0 fully saturated rings. The Morgan fingerprint density at radius 2 is 1.59 bits per heavy atom. The van der Waals surface area contributed by atoms with E-state index < -0.39 is 5.69 Å². The van der Waals surface area contributed by atoms with Crippen molar-refractivity contribution in [1.82, 2.24) is 14.5 Å². The molecule has 6 heteroatoms. The van der Waals surface area contributed by atoms with Crippen molar-refractivity contribution < 1.29 is 0 Å². The molecule has 1 unspecified atom stereocenters. The molecular weight excluding hydrogens is 364 g/mol. The van der Waals surface area contributed by atoms with E-state index in [1.54, 1.807) is 4.57 Å². The predicted octanol–water partition coefficient (Wildman–Crippen LogP) is 2.92. The van der Waals surface area contributed by atoms with Crippen LogP contribution < -0.4 is 16.6 Å². The van der Waals surface area contributed by atoms with Crippen molar-refractivity contribution in [3.8, 4) is 5.69 Å². The Morgan fingerprint density at radius 3 is 2.21 bits per heavy atom. The van der Waals surface area contributed by atoms with E-state index in [-0.39, 0.29) is 11.5 Å². The number of nitrogens with zero attached hydrogens (tertiary/aromatic N) is 2. The van der Waals surface area contributed by atoms with E-state index in [1.807, 2.05) is 81.7 Å². The van der Waals surface area contributed by atoms with Gasteiger partial charge in [0.15, 0.2) is 0 Å². The molecular formula is C23H24N4O2. The van der Waals surface area contributed by atoms with Gasteiger partial charge in [-0.05, 0) is 44.3 Å². The highest BCUT2D eigenvalue weighted by Crippen LogP contribution is 2.40. The van der Waals surface area contributed by atoms with Crippen molar-refractivity contribution in [3.05, 3.63) is 104 Å². The van der Waals surface area contributed by atoms with Gasteiger partial charge in [-0.3, -0.25) is 9.78 Å². The molecule has 2 heterocycles. The number of aromatic nitrogens is 2. The molecule has 1 aliphatic rings. The highest BCUT2D eigenvalue weighted by molar-refractivity contribution is 5.64. The summed E-state index contributed by atoms with van der Waals surface area (Å²) >= 11 is 0. The van der Waals surface area contributed by atoms with Crippen LogP contribution in [0.15, 0.2) is 81.5 Å². The van der Waals surface area contributed by atoms with Crippen molar-refractivity contribution in [1.29, 1.82) is 0 Å². The molecule has 0 bridgehead atoms. The third-order valence-corrected chi connectivity index (χ3v) is 5.21. The van der Waals surface area contributed by atoms with Crippen molar-refractivity contribution in [2.24, 2.45) is 0 Å². The lowest BCUT2D eigenvalue weighted by atomic mass is 9.82. The SMILES string of the molecule is CC1=C(CN(C)C)C(c2ccccc2)c2c(n(-c3ccccc3)c(=O)[nH]c2=O)N1. The average molecular weight is 388 g/mol. The lowest BCUT2D eigenvalue weighted by Crippen LogP contribution is -2.38. The molecule has 1 atom stereocenters. The fraction of sp³-hybridized carbons (Fsp3) is 0.217. The fourth-order valence-corrected chi connectivity index (χ4v) is 3.98. The molecule has 148 valence electrons. The molecule has 0 spiro atoms. The van der Waals surface area contributed by atoms with Gasteiger partial charge in [0.1, 0.15) is 5.82 Å². The van der Waals surface area contributed by atoms with Crippen LogP contribution in [0.5, 0.6) is 0 Å². The van der Waals surface area contributed by atoms with Gasteiger partial charge in [0, 0.05) is 18.2 Å². The maximum absolute atomic E-state index is 13.0. The van der Waals surface area contributed by atoms with Gasteiger partial charge in [0.05, 0.1) is 11.3 Å². The summed E-state index contributed by atoms with van der Waals surface area (Å²) in [6, 6.07) is 19.3. The monoisotopic (exact) mass is 388 g/mol. The van der Waals surface area contributed by atoms with E-state index in [9.17, 15) is 9.59 Å². The van der Waals surface area contributed by atoms with Crippen LogP contribution >= 0.6 is 0 Å². The standard InChI is InChI=1S/C23H24N4O2/c1-15-18(14-26(2)3)19(16-10-6-4-7-11-16)20-21(24-15)27(23(29)25-22(20)28)17-12-8-5-9-13-17/h4-13,19,24H,14H2,1-3H3,(H,25,28,29). The van der Waals surface area contributed by atoms with Gasteiger partial charge in [-0.2, -0.15) is 0 Å². The smallest absolute Gasteiger partial charge is 0.334 e. The van der Waals surface area contributed by atoms with Gasteiger partial charge >= 0.3 is 5.69 Å². The topological polar surface area (TPSA) is 70.1 Å². The van der Waals surface area contributed by atoms with E-state index in [2.05, 4.69) is 15.2 Å². The van der Waals surface area contributed by atoms with Crippen molar-refractivity contribution >= 4 is 5.82 Å². The molecule has 2 N–H and O–H groups in total. The lowest BCUT2D eigenvalue weighted by molar-refractivity contribution is 0.434. The Balaban J connectivity index is 2.04. The van der Waals surface area contributed by atoms with Gasteiger partial charge in [-0.1, -0.05) is 48.5 Å². The van der Waals surface area contributed by atoms with Crippen LogP contribution in [0.1, 0.15) is 24.0 Å². The number of H-pyrrole nitrogens is 1. The molecule has 29 heavy (non-hydrogen) atoms. The second-order valence-electron chi connectivity index (χ2n) is 7.55. The summed E-state index contributed by atoms with van der Waals surface area (Å²) in [6.07, 6.45) is 0. The number of rotatable bonds is 4. The summed E-state index contributed by atoms with van der Waals surface area (Å²) in [6.45, 7) is 2.69. The Morgan fingerprint density at radius 1 is 0.966 bits per heavy atom. The Labute approximate surface area is 169 Å². The summed E-state index contributed by atoms with van der Waals surface area (Å²) in [7, 11) is 4.01. The molecule has 0 saturated heterocycles. The number of likely N-dealkylation sites (N-methyl/N-ethyl adjacent to an activating group) is 1. The zero-order valence-electron chi connectivity index (χ0n) is 16.8. The normalized spacial score (nSPS) is 15.9. The van der Waals surface area contributed by atoms with Crippen LogP contribution in [0.3, 0.4) is 0 Å². The largest absolute Gasteiger partial charge is 0.345 e. The number of para-hydroxylation sites is 1. The van der Waals surface area contributed by atoms with Crippen molar-refractivity contribution in [2.75, 3.05) is 26.0 Å². The highest BCUT2D eigenvalue weighted by Gasteiger charge is 2.33. The van der Waals surface area contributed by atoms with Gasteiger partial charge in [0.25, 0.3) is 5.56 Å². The molecule has 0 aliphatic carbocycles. The van der Waals surface area contributed by atoms with Crippen LogP contribution in [-0.4, -0.2) is 35.1 Å². The molecule has 1 aromatic heterocycles. The molecule has 3 aromatic rings. The third kappa shape index (κ3) is 3.43. The summed E-state index contributed by atoms with van der Waals surface area (Å²) in [5, 5.41) is 3.36. The minimum atomic E-state index is -0.455. The number of aromatic amines is 1. The van der Waals surface area contributed by atoms with Crippen LogP contribution in [0, 0.1) is 0 Å². The maximum atomic E-state index is 13.0. The van der Waals surface area contributed by atoms with E-state index in [1.165, 1.54) is 0 Å². The van der Waals surface area contributed by atoms with Crippen molar-refractivity contribution in [2.45, 2.75) is 12.8 Å². The first kappa shape index (κ1) is 19.0. The number of hydrogen-bond acceptors (Lipinski definition) is 4. The number of benzene rings is 2. The van der Waals surface area contributed by atoms with E-state index in [0.717, 1.165) is 16.8 Å². The lowest BCUT2D eigenvalue weighted by Gasteiger charge is -2.33. The maximum Gasteiger partial charge on any atom is 0.334 e. The van der Waals surface area contributed by atoms with E-state index >= 15 is 0 Å². The Kier molecular flexibility index (Phi) is 4.94. The van der Waals surface area contributed by atoms with E-state index in [4.69, 9.17) is 0 Å². The van der Waals surface area contributed by atoms with Gasteiger partial charge in [-0.15, -0.1) is 0 Å². The number of allylic oxidation sites excluding steroid dienone is 1. The second kappa shape index (κ2) is 7.56. The highest BCUT2D eigenvalue weighted by atomic mass is 16.2. The third-order valence-electron chi connectivity index (χ3n) is 5.21. The summed E-state index contributed by atoms with van der Waals surface area (Å²) in [5.41, 5.74) is 3.53. The fourth-order valence-electron chi connectivity index (χ4n) is 3.98. The number of anilines is 1. The first-order valence-electron chi connectivity index (χ1n) is 9.58. The molecule has 0 amide bonds. The summed E-state index contributed by atoms with van der Waals surface area (Å²) in [4.78, 5) is 30.4. The zero-order valence-corrected chi connectivity index (χ0v) is 16.8. The van der Waals surface area contributed by atoms with Crippen LogP contribution in [0.4, 0.5) is 5.82 Å². The van der Waals surface area contributed by atoms with Gasteiger partial charge < -0.3 is 10.2 Å². The van der Waals surface area contributed by atoms with Crippen LogP contribution in [0.2, 0.25) is 0 Å². The zero-order chi connectivity index (χ0) is 20.5. The first-order chi connectivity index (χ1) is 14.0. The quantitative estimate of drug-likeness (QED) is 0.721. The number of hydrogen-bond donors (Lipinski definition) is 2. The minimum absolute atomic E-state index is 0.242. The number of nitrogens with one attached hydrogen (secondary N) is 2. The molecule has 2 aromatic carbocycles. The molecule has 6 nitrogen and oxygen atoms in total. The number of fused-ring (bicyclic) bond motifs is 1. The second-order valence-corrected chi connectivity index (χ2v) is 7.55. The van der Waals surface area contributed by atoms with Crippen LogP contribution in [0.25, 0.3) is 5.69 Å². The van der Waals surface area contributed by atoms with E-state index in [0.29, 0.717) is 23.6 Å². The van der Waals surface area contributed by atoms with Gasteiger partial charge in [0.2, 0.25) is 0 Å².